The van der Waals surface area contributed by atoms with Crippen LogP contribution < -0.4 is 20.7 Å². The van der Waals surface area contributed by atoms with Crippen molar-refractivity contribution >= 4 is 27.9 Å². The van der Waals surface area contributed by atoms with Crippen molar-refractivity contribution in [2.75, 3.05) is 18.1 Å². The fourth-order valence-corrected chi connectivity index (χ4v) is 3.84. The van der Waals surface area contributed by atoms with Crippen molar-refractivity contribution in [2.24, 2.45) is 0 Å². The molecule has 0 spiro atoms. The monoisotopic (exact) mass is 495 g/mol. The number of anilines is 1. The van der Waals surface area contributed by atoms with Gasteiger partial charge in [0.15, 0.2) is 0 Å². The molecule has 0 fully saturated rings. The Morgan fingerprint density at radius 2 is 1.76 bits per heavy atom. The van der Waals surface area contributed by atoms with E-state index >= 15 is 0 Å². The molecule has 1 aromatic heterocycles. The molecule has 0 aliphatic rings. The third kappa shape index (κ3) is 6.61. The Balaban J connectivity index is 2.08. The number of aromatic nitrogens is 2. The number of ether oxygens (including phenoxy) is 1. The van der Waals surface area contributed by atoms with Crippen molar-refractivity contribution in [3.8, 4) is 16.9 Å². The maximum atomic E-state index is 13.2. The lowest BCUT2D eigenvalue weighted by atomic mass is 9.97. The van der Waals surface area contributed by atoms with Gasteiger partial charge < -0.3 is 9.72 Å². The molecule has 0 saturated carbocycles. The first kappa shape index (κ1) is 24.8. The highest BCUT2D eigenvalue weighted by molar-refractivity contribution is 7.92. The maximum absolute atomic E-state index is 13.2. The molecule has 1 heterocycles. The lowest BCUT2D eigenvalue weighted by Gasteiger charge is -2.16. The Kier molecular flexibility index (Phi) is 7.01. The van der Waals surface area contributed by atoms with Crippen LogP contribution in [0.15, 0.2) is 52.2 Å². The van der Waals surface area contributed by atoms with Gasteiger partial charge >= 0.3 is 11.9 Å². The van der Waals surface area contributed by atoms with Crippen molar-refractivity contribution in [1.82, 2.24) is 9.97 Å². The number of methoxy groups -OCH3 is 1. The number of aromatic amines is 2. The van der Waals surface area contributed by atoms with Crippen molar-refractivity contribution < 1.29 is 26.3 Å². The van der Waals surface area contributed by atoms with E-state index in [2.05, 4.69) is 9.71 Å². The maximum Gasteiger partial charge on any atom is 0.393 e. The van der Waals surface area contributed by atoms with Crippen molar-refractivity contribution in [3.63, 3.8) is 0 Å². The summed E-state index contributed by atoms with van der Waals surface area (Å²) < 4.78 is 69.9. The highest BCUT2D eigenvalue weighted by Gasteiger charge is 2.30. The predicted molar refractivity (Wildman–Crippen MR) is 123 cm³/mol. The SMILES string of the molecule is COc1c(C=Cc2ccc(NS(C)(=O)=O)cc2)cc(-c2c[nH]c(=O)[nH]c2=O)cc1CC(F)(F)F. The van der Waals surface area contributed by atoms with E-state index in [0.29, 0.717) is 11.3 Å². The number of nitrogens with one attached hydrogen (secondary N) is 3. The first-order valence-corrected chi connectivity index (χ1v) is 11.6. The second-order valence-corrected chi connectivity index (χ2v) is 9.11. The summed E-state index contributed by atoms with van der Waals surface area (Å²) in [5.74, 6) is -0.0199. The van der Waals surface area contributed by atoms with Crippen LogP contribution in [-0.2, 0) is 16.4 Å². The Hall–Kier alpha value is -3.80. The summed E-state index contributed by atoms with van der Waals surface area (Å²) in [5.41, 5.74) is -0.299. The molecule has 180 valence electrons. The average Bonchev–Trinajstić information content (AvgIpc) is 2.70. The molecule has 0 radical (unpaired) electrons. The molecule has 0 bridgehead atoms. The third-order valence-corrected chi connectivity index (χ3v) is 5.20. The molecule has 12 heteroatoms. The second kappa shape index (κ2) is 9.59. The average molecular weight is 495 g/mol. The molecule has 0 aliphatic carbocycles. The molecule has 0 atom stereocenters. The molecule has 3 N–H and O–H groups in total. The minimum absolute atomic E-state index is 0.0171. The van der Waals surface area contributed by atoms with E-state index in [4.69, 9.17) is 4.74 Å². The van der Waals surface area contributed by atoms with Crippen LogP contribution in [0.5, 0.6) is 5.75 Å². The van der Waals surface area contributed by atoms with Gasteiger partial charge in [-0.25, -0.2) is 13.2 Å². The number of hydrogen-bond acceptors (Lipinski definition) is 5. The van der Waals surface area contributed by atoms with Crippen molar-refractivity contribution in [2.45, 2.75) is 12.6 Å². The van der Waals surface area contributed by atoms with E-state index in [1.54, 1.807) is 18.2 Å². The van der Waals surface area contributed by atoms with Gasteiger partial charge in [-0.1, -0.05) is 24.3 Å². The van der Waals surface area contributed by atoms with Crippen LogP contribution in [0.3, 0.4) is 0 Å². The quantitative estimate of drug-likeness (QED) is 0.434. The second-order valence-electron chi connectivity index (χ2n) is 7.36. The third-order valence-electron chi connectivity index (χ3n) is 4.59. The number of rotatable bonds is 7. The Morgan fingerprint density at radius 3 is 2.32 bits per heavy atom. The minimum Gasteiger partial charge on any atom is -0.496 e. The number of hydrogen-bond donors (Lipinski definition) is 3. The summed E-state index contributed by atoms with van der Waals surface area (Å²) in [6, 6.07) is 8.95. The van der Waals surface area contributed by atoms with Gasteiger partial charge in [0.25, 0.3) is 5.56 Å². The first-order chi connectivity index (χ1) is 15.8. The standard InChI is InChI=1S/C22H20F3N3O5S/c1-33-19-14(6-3-13-4-7-17(8-5-13)28-34(2,31)32)9-15(10-16(19)11-22(23,24)25)18-12-26-21(30)27-20(18)29/h3-10,12,28H,11H2,1-2H3,(H2,26,27,29,30). The normalized spacial score (nSPS) is 12.1. The molecule has 0 unspecified atom stereocenters. The van der Waals surface area contributed by atoms with Gasteiger partial charge in [-0.3, -0.25) is 14.5 Å². The van der Waals surface area contributed by atoms with E-state index in [9.17, 15) is 31.2 Å². The molecule has 2 aromatic carbocycles. The molecule has 3 rings (SSSR count). The molecule has 0 saturated heterocycles. The number of benzene rings is 2. The van der Waals surface area contributed by atoms with Gasteiger partial charge in [0.2, 0.25) is 10.0 Å². The van der Waals surface area contributed by atoms with Gasteiger partial charge in [0, 0.05) is 23.0 Å². The lowest BCUT2D eigenvalue weighted by Crippen LogP contribution is -2.22. The van der Waals surface area contributed by atoms with E-state index in [0.717, 1.165) is 12.5 Å². The van der Waals surface area contributed by atoms with Gasteiger partial charge in [-0.2, -0.15) is 13.2 Å². The molecule has 8 nitrogen and oxygen atoms in total. The summed E-state index contributed by atoms with van der Waals surface area (Å²) in [4.78, 5) is 27.9. The van der Waals surface area contributed by atoms with Crippen LogP contribution in [0, 0.1) is 0 Å². The number of halogens is 3. The smallest absolute Gasteiger partial charge is 0.393 e. The summed E-state index contributed by atoms with van der Waals surface area (Å²) >= 11 is 0. The number of H-pyrrole nitrogens is 2. The van der Waals surface area contributed by atoms with Gasteiger partial charge in [-0.15, -0.1) is 0 Å². The number of sulfonamides is 1. The van der Waals surface area contributed by atoms with E-state index < -0.39 is 33.9 Å². The zero-order valence-corrected chi connectivity index (χ0v) is 18.8. The van der Waals surface area contributed by atoms with E-state index in [1.807, 2.05) is 4.98 Å². The van der Waals surface area contributed by atoms with Crippen molar-refractivity contribution in [3.05, 3.63) is 80.1 Å². The topological polar surface area (TPSA) is 121 Å². The highest BCUT2D eigenvalue weighted by Crippen LogP contribution is 2.35. The van der Waals surface area contributed by atoms with Gasteiger partial charge in [-0.05, 0) is 35.4 Å². The molecule has 0 aliphatic heterocycles. The first-order valence-electron chi connectivity index (χ1n) is 9.70. The van der Waals surface area contributed by atoms with E-state index in [1.165, 1.54) is 37.5 Å². The summed E-state index contributed by atoms with van der Waals surface area (Å²) in [6.07, 6.45) is -0.570. The summed E-state index contributed by atoms with van der Waals surface area (Å²) in [6.45, 7) is 0. The molecule has 0 amide bonds. The van der Waals surface area contributed by atoms with Crippen molar-refractivity contribution in [1.29, 1.82) is 0 Å². The molecular weight excluding hydrogens is 475 g/mol. The Bertz CT molecular complexity index is 1440. The lowest BCUT2D eigenvalue weighted by molar-refractivity contribution is -0.127. The minimum atomic E-state index is -4.53. The summed E-state index contributed by atoms with van der Waals surface area (Å²) in [7, 11) is -2.20. The zero-order valence-electron chi connectivity index (χ0n) is 18.0. The fraction of sp³-hybridized carbons (Fsp3) is 0.182. The largest absolute Gasteiger partial charge is 0.496 e. The van der Waals surface area contributed by atoms with Crippen LogP contribution in [0.1, 0.15) is 16.7 Å². The van der Waals surface area contributed by atoms with Crippen LogP contribution in [0.2, 0.25) is 0 Å². The molecular formula is C22H20F3N3O5S. The predicted octanol–water partition coefficient (Wildman–Crippen LogP) is 3.39. The fourth-order valence-electron chi connectivity index (χ4n) is 3.28. The Morgan fingerprint density at radius 1 is 1.09 bits per heavy atom. The van der Waals surface area contributed by atoms with Gasteiger partial charge in [0.1, 0.15) is 5.75 Å². The van der Waals surface area contributed by atoms with Crippen LogP contribution >= 0.6 is 0 Å². The molecule has 3 aromatic rings. The van der Waals surface area contributed by atoms with Crippen LogP contribution in [-0.4, -0.2) is 37.9 Å². The Labute approximate surface area is 192 Å². The molecule has 34 heavy (non-hydrogen) atoms. The van der Waals surface area contributed by atoms with Crippen LogP contribution in [0.25, 0.3) is 23.3 Å². The number of alkyl halides is 3. The highest BCUT2D eigenvalue weighted by atomic mass is 32.2. The van der Waals surface area contributed by atoms with Crippen LogP contribution in [0.4, 0.5) is 18.9 Å². The zero-order chi connectivity index (χ0) is 25.1. The summed E-state index contributed by atoms with van der Waals surface area (Å²) in [5, 5.41) is 0. The van der Waals surface area contributed by atoms with Gasteiger partial charge in [0.05, 0.1) is 25.3 Å². The van der Waals surface area contributed by atoms with E-state index in [-0.39, 0.29) is 28.0 Å².